The summed E-state index contributed by atoms with van der Waals surface area (Å²) in [7, 11) is 1.49. The SMILES string of the molecule is COc1ccccc1C(=O)Nc1cccc(C2OC(=O)N(Cc3ccccc3)C2C(=O)NCc2ccc(F)cc2)c1. The number of nitrogens with zero attached hydrogens (tertiary/aromatic N) is 1. The number of anilines is 1. The van der Waals surface area contributed by atoms with Crippen LogP contribution in [0.2, 0.25) is 0 Å². The summed E-state index contributed by atoms with van der Waals surface area (Å²) >= 11 is 0. The highest BCUT2D eigenvalue weighted by Crippen LogP contribution is 2.35. The summed E-state index contributed by atoms with van der Waals surface area (Å²) in [6, 6.07) is 27.8. The zero-order valence-corrected chi connectivity index (χ0v) is 22.3. The summed E-state index contributed by atoms with van der Waals surface area (Å²) in [6.45, 7) is 0.305. The van der Waals surface area contributed by atoms with E-state index in [1.165, 1.54) is 24.1 Å². The highest BCUT2D eigenvalue weighted by Gasteiger charge is 2.47. The molecule has 2 N–H and O–H groups in total. The Hall–Kier alpha value is -5.18. The van der Waals surface area contributed by atoms with Gasteiger partial charge in [-0.05, 0) is 53.1 Å². The fraction of sp³-hybridized carbons (Fsp3) is 0.156. The third-order valence-electron chi connectivity index (χ3n) is 6.75. The van der Waals surface area contributed by atoms with Crippen molar-refractivity contribution in [3.63, 3.8) is 0 Å². The molecule has 2 atom stereocenters. The lowest BCUT2D eigenvalue weighted by Crippen LogP contribution is -2.46. The number of ether oxygens (including phenoxy) is 2. The van der Waals surface area contributed by atoms with Gasteiger partial charge in [0.2, 0.25) is 5.91 Å². The molecule has 1 heterocycles. The predicted molar refractivity (Wildman–Crippen MR) is 151 cm³/mol. The van der Waals surface area contributed by atoms with Gasteiger partial charge < -0.3 is 20.1 Å². The quantitative estimate of drug-likeness (QED) is 0.287. The van der Waals surface area contributed by atoms with E-state index in [4.69, 9.17) is 9.47 Å². The standard InChI is InChI=1S/C32H28FN3O5/c1-40-27-13-6-5-12-26(27)30(37)35-25-11-7-10-23(18-25)29-28(31(38)34-19-21-14-16-24(33)17-15-21)36(32(39)41-29)20-22-8-3-2-4-9-22/h2-18,28-29H,19-20H2,1H3,(H,34,38)(H,35,37). The Morgan fingerprint density at radius 2 is 1.63 bits per heavy atom. The van der Waals surface area contributed by atoms with E-state index in [2.05, 4.69) is 10.6 Å². The summed E-state index contributed by atoms with van der Waals surface area (Å²) < 4.78 is 24.4. The Bertz CT molecular complexity index is 1540. The molecule has 4 aromatic rings. The fourth-order valence-electron chi connectivity index (χ4n) is 4.71. The van der Waals surface area contributed by atoms with Crippen LogP contribution in [0.1, 0.15) is 33.2 Å². The summed E-state index contributed by atoms with van der Waals surface area (Å²) in [6.07, 6.45) is -1.58. The number of benzene rings is 4. The van der Waals surface area contributed by atoms with Crippen LogP contribution in [0.25, 0.3) is 0 Å². The van der Waals surface area contributed by atoms with Gasteiger partial charge >= 0.3 is 6.09 Å². The largest absolute Gasteiger partial charge is 0.496 e. The Morgan fingerprint density at radius 3 is 2.39 bits per heavy atom. The van der Waals surface area contributed by atoms with Crippen molar-refractivity contribution in [3.8, 4) is 5.75 Å². The van der Waals surface area contributed by atoms with Crippen LogP contribution in [0.15, 0.2) is 103 Å². The van der Waals surface area contributed by atoms with Crippen molar-refractivity contribution in [1.29, 1.82) is 0 Å². The third-order valence-corrected chi connectivity index (χ3v) is 6.75. The molecule has 0 saturated carbocycles. The van der Waals surface area contributed by atoms with E-state index in [1.807, 2.05) is 30.3 Å². The molecule has 8 nitrogen and oxygen atoms in total. The van der Waals surface area contributed by atoms with Crippen LogP contribution in [0.3, 0.4) is 0 Å². The van der Waals surface area contributed by atoms with Gasteiger partial charge in [0.25, 0.3) is 5.91 Å². The predicted octanol–water partition coefficient (Wildman–Crippen LogP) is 5.47. The van der Waals surface area contributed by atoms with Crippen molar-refractivity contribution in [2.75, 3.05) is 12.4 Å². The number of amides is 3. The van der Waals surface area contributed by atoms with Gasteiger partial charge in [0.05, 0.1) is 19.2 Å². The van der Waals surface area contributed by atoms with E-state index in [-0.39, 0.29) is 24.8 Å². The van der Waals surface area contributed by atoms with Crippen LogP contribution >= 0.6 is 0 Å². The number of rotatable bonds is 9. The van der Waals surface area contributed by atoms with Crippen molar-refractivity contribution in [2.24, 2.45) is 0 Å². The van der Waals surface area contributed by atoms with Gasteiger partial charge in [-0.3, -0.25) is 14.5 Å². The zero-order chi connectivity index (χ0) is 28.8. The van der Waals surface area contributed by atoms with Gasteiger partial charge in [-0.25, -0.2) is 9.18 Å². The second-order valence-corrected chi connectivity index (χ2v) is 9.49. The smallest absolute Gasteiger partial charge is 0.411 e. The van der Waals surface area contributed by atoms with Crippen molar-refractivity contribution in [3.05, 3.63) is 131 Å². The molecule has 1 aliphatic heterocycles. The molecule has 0 aromatic heterocycles. The van der Waals surface area contributed by atoms with Gasteiger partial charge in [-0.15, -0.1) is 0 Å². The molecule has 208 valence electrons. The third kappa shape index (κ3) is 6.36. The molecule has 9 heteroatoms. The number of hydrogen-bond donors (Lipinski definition) is 2. The van der Waals surface area contributed by atoms with E-state index < -0.39 is 24.1 Å². The van der Waals surface area contributed by atoms with Crippen LogP contribution in [0, 0.1) is 5.82 Å². The maximum absolute atomic E-state index is 13.6. The molecule has 0 aliphatic carbocycles. The topological polar surface area (TPSA) is 97.0 Å². The number of carbonyl (C=O) groups excluding carboxylic acids is 3. The molecule has 41 heavy (non-hydrogen) atoms. The van der Waals surface area contributed by atoms with E-state index in [0.717, 1.165) is 5.56 Å². The molecule has 1 fully saturated rings. The van der Waals surface area contributed by atoms with Gasteiger partial charge in [-0.1, -0.05) is 66.7 Å². The molecule has 1 saturated heterocycles. The number of para-hydroxylation sites is 1. The number of hydrogen-bond acceptors (Lipinski definition) is 5. The van der Waals surface area contributed by atoms with Crippen LogP contribution in [0.5, 0.6) is 5.75 Å². The van der Waals surface area contributed by atoms with E-state index in [1.54, 1.807) is 60.7 Å². The lowest BCUT2D eigenvalue weighted by Gasteiger charge is -2.24. The Balaban J connectivity index is 1.40. The molecule has 4 aromatic carbocycles. The van der Waals surface area contributed by atoms with E-state index >= 15 is 0 Å². The highest BCUT2D eigenvalue weighted by atomic mass is 19.1. The fourth-order valence-corrected chi connectivity index (χ4v) is 4.71. The summed E-state index contributed by atoms with van der Waals surface area (Å²) in [5.41, 5.74) is 2.89. The molecule has 0 radical (unpaired) electrons. The Labute approximate surface area is 236 Å². The first-order valence-electron chi connectivity index (χ1n) is 13.0. The molecule has 5 rings (SSSR count). The number of carbonyl (C=O) groups is 3. The molecule has 1 aliphatic rings. The van der Waals surface area contributed by atoms with Crippen LogP contribution in [-0.2, 0) is 22.6 Å². The van der Waals surface area contributed by atoms with E-state index in [9.17, 15) is 18.8 Å². The Morgan fingerprint density at radius 1 is 0.902 bits per heavy atom. The summed E-state index contributed by atoms with van der Waals surface area (Å²) in [5.74, 6) is -0.742. The van der Waals surface area contributed by atoms with Crippen molar-refractivity contribution < 1.29 is 28.2 Å². The minimum Gasteiger partial charge on any atom is -0.496 e. The molecule has 2 unspecified atom stereocenters. The number of nitrogens with one attached hydrogen (secondary N) is 2. The lowest BCUT2D eigenvalue weighted by atomic mass is 10.00. The maximum atomic E-state index is 13.6. The van der Waals surface area contributed by atoms with Crippen molar-refractivity contribution in [2.45, 2.75) is 25.2 Å². The van der Waals surface area contributed by atoms with Gasteiger partial charge in [-0.2, -0.15) is 0 Å². The lowest BCUT2D eigenvalue weighted by molar-refractivity contribution is -0.126. The first-order valence-corrected chi connectivity index (χ1v) is 13.0. The first-order chi connectivity index (χ1) is 19.9. The van der Waals surface area contributed by atoms with Gasteiger partial charge in [0.1, 0.15) is 11.6 Å². The molecule has 0 spiro atoms. The van der Waals surface area contributed by atoms with Crippen molar-refractivity contribution >= 4 is 23.6 Å². The number of cyclic esters (lactones) is 1. The minimum absolute atomic E-state index is 0.144. The second-order valence-electron chi connectivity index (χ2n) is 9.49. The van der Waals surface area contributed by atoms with Gasteiger partial charge in [0, 0.05) is 12.2 Å². The Kier molecular flexibility index (Phi) is 8.24. The maximum Gasteiger partial charge on any atom is 0.411 e. The van der Waals surface area contributed by atoms with Gasteiger partial charge in [0.15, 0.2) is 12.1 Å². The van der Waals surface area contributed by atoms with Crippen LogP contribution in [0.4, 0.5) is 14.9 Å². The van der Waals surface area contributed by atoms with Crippen molar-refractivity contribution in [1.82, 2.24) is 10.2 Å². The van der Waals surface area contributed by atoms with Crippen LogP contribution < -0.4 is 15.4 Å². The first kappa shape index (κ1) is 27.4. The number of halogens is 1. The van der Waals surface area contributed by atoms with E-state index in [0.29, 0.717) is 28.1 Å². The molecule has 3 amide bonds. The summed E-state index contributed by atoms with van der Waals surface area (Å²) in [4.78, 5) is 41.1. The highest BCUT2D eigenvalue weighted by molar-refractivity contribution is 6.06. The minimum atomic E-state index is -0.997. The summed E-state index contributed by atoms with van der Waals surface area (Å²) in [5, 5.41) is 5.71. The monoisotopic (exact) mass is 553 g/mol. The number of methoxy groups -OCH3 is 1. The average molecular weight is 554 g/mol. The molecule has 0 bridgehead atoms. The second kappa shape index (κ2) is 12.3. The van der Waals surface area contributed by atoms with Crippen LogP contribution in [-0.4, -0.2) is 36.0 Å². The zero-order valence-electron chi connectivity index (χ0n) is 22.3. The molecular weight excluding hydrogens is 525 g/mol. The molecular formula is C32H28FN3O5. The average Bonchev–Trinajstić information content (AvgIpc) is 3.32. The normalized spacial score (nSPS) is 16.1.